The summed E-state index contributed by atoms with van der Waals surface area (Å²) in [5.41, 5.74) is 1.12. The van der Waals surface area contributed by atoms with Gasteiger partial charge in [0.2, 0.25) is 5.91 Å². The predicted octanol–water partition coefficient (Wildman–Crippen LogP) is 2.56. The number of nitrogens with one attached hydrogen (secondary N) is 2. The molecule has 0 unspecified atom stereocenters. The molecule has 1 saturated carbocycles. The molecule has 0 aromatic heterocycles. The fraction of sp³-hybridized carbons (Fsp3) is 0.467. The summed E-state index contributed by atoms with van der Waals surface area (Å²) in [5, 5.41) is 5.77. The third-order valence-corrected chi connectivity index (χ3v) is 3.40. The van der Waals surface area contributed by atoms with Crippen molar-refractivity contribution < 1.29 is 9.59 Å². The Balaban J connectivity index is 2.11. The van der Waals surface area contributed by atoms with Gasteiger partial charge in [0.15, 0.2) is 0 Å². The number of hydrogen-bond acceptors (Lipinski definition) is 2. The molecule has 0 bridgehead atoms. The lowest BCUT2D eigenvalue weighted by Gasteiger charge is -2.13. The number of hydrogen-bond donors (Lipinski definition) is 2. The largest absolute Gasteiger partial charge is 0.349 e. The number of benzene rings is 1. The van der Waals surface area contributed by atoms with Crippen molar-refractivity contribution in [3.63, 3.8) is 0 Å². The molecule has 1 aliphatic carbocycles. The van der Waals surface area contributed by atoms with E-state index in [1.165, 1.54) is 0 Å². The Labute approximate surface area is 113 Å². The van der Waals surface area contributed by atoms with Crippen LogP contribution in [0.3, 0.4) is 0 Å². The quantitative estimate of drug-likeness (QED) is 0.854. The van der Waals surface area contributed by atoms with Gasteiger partial charge in [-0.3, -0.25) is 9.59 Å². The Hall–Kier alpha value is -1.84. The predicted molar refractivity (Wildman–Crippen MR) is 75.0 cm³/mol. The number of carbonyl (C=O) groups is 2. The molecular weight excluding hydrogens is 240 g/mol. The van der Waals surface area contributed by atoms with Crippen LogP contribution in [0.4, 0.5) is 5.69 Å². The highest BCUT2D eigenvalue weighted by Gasteiger charge is 2.25. The molecule has 4 heteroatoms. The van der Waals surface area contributed by atoms with Crippen LogP contribution in [0, 0.1) is 5.92 Å². The molecule has 1 aliphatic rings. The van der Waals surface area contributed by atoms with E-state index in [0.29, 0.717) is 17.3 Å². The van der Waals surface area contributed by atoms with E-state index in [1.807, 2.05) is 19.9 Å². The van der Waals surface area contributed by atoms with Gasteiger partial charge in [-0.1, -0.05) is 26.0 Å². The number of para-hydroxylation sites is 1. The summed E-state index contributed by atoms with van der Waals surface area (Å²) in [4.78, 5) is 24.0. The van der Waals surface area contributed by atoms with Crippen LogP contribution >= 0.6 is 0 Å². The Bertz CT molecular complexity index is 481. The van der Waals surface area contributed by atoms with Gasteiger partial charge in [-0.2, -0.15) is 0 Å². The molecule has 0 saturated heterocycles. The zero-order valence-corrected chi connectivity index (χ0v) is 11.4. The number of rotatable bonds is 5. The first kappa shape index (κ1) is 13.6. The van der Waals surface area contributed by atoms with E-state index < -0.39 is 0 Å². The average molecular weight is 260 g/mol. The Morgan fingerprint density at radius 3 is 2.63 bits per heavy atom. The molecule has 1 aromatic rings. The Morgan fingerprint density at radius 1 is 1.32 bits per heavy atom. The summed E-state index contributed by atoms with van der Waals surface area (Å²) >= 11 is 0. The van der Waals surface area contributed by atoms with Crippen LogP contribution in [0.1, 0.15) is 43.5 Å². The van der Waals surface area contributed by atoms with E-state index in [-0.39, 0.29) is 17.7 Å². The molecule has 2 N–H and O–H groups in total. The number of amides is 2. The highest BCUT2D eigenvalue weighted by Crippen LogP contribution is 2.22. The zero-order chi connectivity index (χ0) is 13.8. The molecule has 0 aliphatic heterocycles. The molecule has 2 rings (SSSR count). The minimum Gasteiger partial charge on any atom is -0.349 e. The van der Waals surface area contributed by atoms with Gasteiger partial charge in [-0.15, -0.1) is 0 Å². The summed E-state index contributed by atoms with van der Waals surface area (Å²) in [6.45, 7) is 3.85. The number of anilines is 1. The van der Waals surface area contributed by atoms with Gasteiger partial charge in [-0.25, -0.2) is 0 Å². The highest BCUT2D eigenvalue weighted by molar-refractivity contribution is 6.04. The van der Waals surface area contributed by atoms with Crippen molar-refractivity contribution in [3.05, 3.63) is 29.8 Å². The van der Waals surface area contributed by atoms with Crippen LogP contribution in [0.15, 0.2) is 24.3 Å². The molecule has 1 atom stereocenters. The molecule has 19 heavy (non-hydrogen) atoms. The van der Waals surface area contributed by atoms with Crippen LogP contribution in [0.5, 0.6) is 0 Å². The SMILES string of the molecule is CC[C@@H](C)C(=O)Nc1ccccc1C(=O)NC1CC1. The second-order valence-electron chi connectivity index (χ2n) is 5.09. The van der Waals surface area contributed by atoms with Crippen molar-refractivity contribution >= 4 is 17.5 Å². The molecule has 0 radical (unpaired) electrons. The first-order valence-corrected chi connectivity index (χ1v) is 6.82. The monoisotopic (exact) mass is 260 g/mol. The maximum Gasteiger partial charge on any atom is 0.253 e. The fourth-order valence-corrected chi connectivity index (χ4v) is 1.72. The second-order valence-corrected chi connectivity index (χ2v) is 5.09. The van der Waals surface area contributed by atoms with Gasteiger partial charge < -0.3 is 10.6 Å². The van der Waals surface area contributed by atoms with E-state index in [4.69, 9.17) is 0 Å². The lowest BCUT2D eigenvalue weighted by atomic mass is 10.1. The van der Waals surface area contributed by atoms with Crippen molar-refractivity contribution in [3.8, 4) is 0 Å². The molecular formula is C15H20N2O2. The number of carbonyl (C=O) groups excluding carboxylic acids is 2. The molecule has 2 amide bonds. The maximum atomic E-state index is 12.1. The summed E-state index contributed by atoms with van der Waals surface area (Å²) in [6.07, 6.45) is 2.88. The minimum absolute atomic E-state index is 0.0471. The first-order chi connectivity index (χ1) is 9.11. The minimum atomic E-state index is -0.109. The molecule has 1 fully saturated rings. The van der Waals surface area contributed by atoms with Gasteiger partial charge in [0.1, 0.15) is 0 Å². The molecule has 0 heterocycles. The molecule has 1 aromatic carbocycles. The van der Waals surface area contributed by atoms with Gasteiger partial charge in [-0.05, 0) is 31.4 Å². The lowest BCUT2D eigenvalue weighted by molar-refractivity contribution is -0.119. The van der Waals surface area contributed by atoms with Crippen LogP contribution in [0.25, 0.3) is 0 Å². The summed E-state index contributed by atoms with van der Waals surface area (Å²) < 4.78 is 0. The Morgan fingerprint density at radius 2 is 2.00 bits per heavy atom. The summed E-state index contributed by atoms with van der Waals surface area (Å²) in [7, 11) is 0. The van der Waals surface area contributed by atoms with Crippen molar-refractivity contribution in [2.45, 2.75) is 39.2 Å². The summed E-state index contributed by atoms with van der Waals surface area (Å²) in [5.74, 6) is -0.212. The van der Waals surface area contributed by atoms with E-state index in [1.54, 1.807) is 18.2 Å². The van der Waals surface area contributed by atoms with Crippen molar-refractivity contribution in [1.29, 1.82) is 0 Å². The van der Waals surface area contributed by atoms with Crippen molar-refractivity contribution in [2.24, 2.45) is 5.92 Å². The smallest absolute Gasteiger partial charge is 0.253 e. The standard InChI is InChI=1S/C15H20N2O2/c1-3-10(2)14(18)17-13-7-5-4-6-12(13)15(19)16-11-8-9-11/h4-7,10-11H,3,8-9H2,1-2H3,(H,16,19)(H,17,18)/t10-/m1/s1. The molecule has 4 nitrogen and oxygen atoms in total. The van der Waals surface area contributed by atoms with Crippen LogP contribution < -0.4 is 10.6 Å². The van der Waals surface area contributed by atoms with E-state index in [0.717, 1.165) is 19.3 Å². The van der Waals surface area contributed by atoms with E-state index in [2.05, 4.69) is 10.6 Å². The third kappa shape index (κ3) is 3.56. The van der Waals surface area contributed by atoms with Gasteiger partial charge >= 0.3 is 0 Å². The first-order valence-electron chi connectivity index (χ1n) is 6.82. The molecule has 102 valence electrons. The maximum absolute atomic E-state index is 12.1. The van der Waals surface area contributed by atoms with Gasteiger partial charge in [0.05, 0.1) is 11.3 Å². The van der Waals surface area contributed by atoms with Crippen LogP contribution in [0.2, 0.25) is 0 Å². The van der Waals surface area contributed by atoms with Crippen molar-refractivity contribution in [2.75, 3.05) is 5.32 Å². The van der Waals surface area contributed by atoms with Crippen LogP contribution in [-0.4, -0.2) is 17.9 Å². The van der Waals surface area contributed by atoms with Gasteiger partial charge in [0.25, 0.3) is 5.91 Å². The summed E-state index contributed by atoms with van der Waals surface area (Å²) in [6, 6.07) is 7.44. The van der Waals surface area contributed by atoms with Gasteiger partial charge in [0, 0.05) is 12.0 Å². The fourth-order valence-electron chi connectivity index (χ4n) is 1.72. The second kappa shape index (κ2) is 5.87. The topological polar surface area (TPSA) is 58.2 Å². The van der Waals surface area contributed by atoms with E-state index in [9.17, 15) is 9.59 Å². The highest BCUT2D eigenvalue weighted by atomic mass is 16.2. The zero-order valence-electron chi connectivity index (χ0n) is 11.4. The normalized spacial score (nSPS) is 15.7. The third-order valence-electron chi connectivity index (χ3n) is 3.40. The van der Waals surface area contributed by atoms with Crippen molar-refractivity contribution in [1.82, 2.24) is 5.32 Å². The van der Waals surface area contributed by atoms with E-state index >= 15 is 0 Å². The average Bonchev–Trinajstić information content (AvgIpc) is 3.22. The van der Waals surface area contributed by atoms with Crippen LogP contribution in [-0.2, 0) is 4.79 Å². The molecule has 0 spiro atoms. The lowest BCUT2D eigenvalue weighted by Crippen LogP contribution is -2.27. The Kier molecular flexibility index (Phi) is 4.20.